The summed E-state index contributed by atoms with van der Waals surface area (Å²) in [5.41, 5.74) is 14.9. The SMILES string of the molecule is Nc1ccc(Oc2ccc(C(=O)c3ccc(Oc4ccc(Oc5ccc(C(=O)c6ccc(Oc7ccc(N)cc7)cc6)cc5)cc4)cc3)cc2)cc1. The lowest BCUT2D eigenvalue weighted by Crippen LogP contribution is -2.01. The van der Waals surface area contributed by atoms with Gasteiger partial charge in [-0.2, -0.15) is 0 Å². The number of benzene rings is 7. The van der Waals surface area contributed by atoms with Gasteiger partial charge in [0.05, 0.1) is 0 Å². The van der Waals surface area contributed by atoms with Gasteiger partial charge in [0, 0.05) is 33.6 Å². The van der Waals surface area contributed by atoms with Gasteiger partial charge in [0.1, 0.15) is 46.0 Å². The van der Waals surface area contributed by atoms with E-state index in [1.54, 1.807) is 170 Å². The predicted octanol–water partition coefficient (Wildman–Crippen LogP) is 10.5. The summed E-state index contributed by atoms with van der Waals surface area (Å²) in [7, 11) is 0. The molecule has 4 N–H and O–H groups in total. The van der Waals surface area contributed by atoms with Gasteiger partial charge in [-0.1, -0.05) is 0 Å². The van der Waals surface area contributed by atoms with Crippen LogP contribution in [0.25, 0.3) is 0 Å². The molecule has 0 atom stereocenters. The molecule has 0 spiro atoms. The first-order valence-corrected chi connectivity index (χ1v) is 16.4. The zero-order valence-electron chi connectivity index (χ0n) is 27.8. The van der Waals surface area contributed by atoms with Crippen LogP contribution in [0, 0.1) is 0 Å². The lowest BCUT2D eigenvalue weighted by atomic mass is 10.0. The largest absolute Gasteiger partial charge is 0.457 e. The average Bonchev–Trinajstić information content (AvgIpc) is 3.18. The molecule has 0 heterocycles. The molecule has 0 saturated heterocycles. The Morgan fingerprint density at radius 3 is 0.615 bits per heavy atom. The van der Waals surface area contributed by atoms with Gasteiger partial charge in [-0.25, -0.2) is 0 Å². The van der Waals surface area contributed by atoms with Crippen LogP contribution in [0.15, 0.2) is 170 Å². The van der Waals surface area contributed by atoms with Crippen molar-refractivity contribution in [2.45, 2.75) is 0 Å². The Morgan fingerprint density at radius 1 is 0.269 bits per heavy atom. The Hall–Kier alpha value is -7.32. The van der Waals surface area contributed by atoms with Gasteiger partial charge in [0.25, 0.3) is 0 Å². The molecule has 0 radical (unpaired) electrons. The monoisotopic (exact) mass is 684 g/mol. The molecule has 0 fully saturated rings. The molecule has 7 rings (SSSR count). The third-order valence-electron chi connectivity index (χ3n) is 7.99. The highest BCUT2D eigenvalue weighted by atomic mass is 16.5. The highest BCUT2D eigenvalue weighted by Gasteiger charge is 2.12. The molecule has 0 amide bonds. The van der Waals surface area contributed by atoms with Gasteiger partial charge in [-0.15, -0.1) is 0 Å². The Morgan fingerprint density at radius 2 is 0.423 bits per heavy atom. The van der Waals surface area contributed by atoms with E-state index in [1.165, 1.54) is 0 Å². The molecule has 0 bridgehead atoms. The summed E-state index contributed by atoms with van der Waals surface area (Å²) in [5, 5.41) is 0. The van der Waals surface area contributed by atoms with Gasteiger partial charge in [-0.3, -0.25) is 9.59 Å². The van der Waals surface area contributed by atoms with E-state index in [9.17, 15) is 9.59 Å². The quantitative estimate of drug-likeness (QED) is 0.0963. The number of carbonyl (C=O) groups excluding carboxylic acids is 2. The summed E-state index contributed by atoms with van der Waals surface area (Å²) in [5.74, 6) is 4.71. The van der Waals surface area contributed by atoms with E-state index in [2.05, 4.69) is 0 Å². The van der Waals surface area contributed by atoms with Gasteiger partial charge in [0.15, 0.2) is 11.6 Å². The fourth-order valence-corrected chi connectivity index (χ4v) is 5.22. The lowest BCUT2D eigenvalue weighted by molar-refractivity contribution is 0.103. The van der Waals surface area contributed by atoms with Crippen LogP contribution in [0.5, 0.6) is 46.0 Å². The van der Waals surface area contributed by atoms with Crippen LogP contribution in [0.4, 0.5) is 11.4 Å². The van der Waals surface area contributed by atoms with Crippen LogP contribution < -0.4 is 30.4 Å². The number of nitrogens with two attached hydrogens (primary N) is 2. The van der Waals surface area contributed by atoms with Crippen molar-refractivity contribution in [1.29, 1.82) is 0 Å². The van der Waals surface area contributed by atoms with Gasteiger partial charge >= 0.3 is 0 Å². The predicted molar refractivity (Wildman–Crippen MR) is 201 cm³/mol. The molecule has 0 aliphatic rings. The normalized spacial score (nSPS) is 10.6. The van der Waals surface area contributed by atoms with Crippen molar-refractivity contribution in [2.75, 3.05) is 11.5 Å². The van der Waals surface area contributed by atoms with E-state index in [0.29, 0.717) is 79.6 Å². The van der Waals surface area contributed by atoms with E-state index in [0.717, 1.165) is 0 Å². The first kappa shape index (κ1) is 33.2. The summed E-state index contributed by atoms with van der Waals surface area (Å²) >= 11 is 0. The van der Waals surface area contributed by atoms with Crippen molar-refractivity contribution < 1.29 is 28.5 Å². The zero-order valence-corrected chi connectivity index (χ0v) is 27.8. The Bertz CT molecular complexity index is 2120. The first-order valence-electron chi connectivity index (χ1n) is 16.4. The van der Waals surface area contributed by atoms with Crippen molar-refractivity contribution in [2.24, 2.45) is 0 Å². The van der Waals surface area contributed by atoms with Gasteiger partial charge in [-0.05, 0) is 170 Å². The molecule has 52 heavy (non-hydrogen) atoms. The number of nitrogen functional groups attached to an aromatic ring is 2. The van der Waals surface area contributed by atoms with Crippen LogP contribution in [0.1, 0.15) is 31.8 Å². The molecule has 7 aromatic rings. The van der Waals surface area contributed by atoms with Crippen molar-refractivity contribution in [3.8, 4) is 46.0 Å². The number of anilines is 2. The molecule has 0 unspecified atom stereocenters. The fraction of sp³-hybridized carbons (Fsp3) is 0. The molecule has 7 aromatic carbocycles. The molecular formula is C44H32N2O6. The minimum Gasteiger partial charge on any atom is -0.457 e. The topological polar surface area (TPSA) is 123 Å². The minimum atomic E-state index is -0.111. The fourth-order valence-electron chi connectivity index (χ4n) is 5.22. The minimum absolute atomic E-state index is 0.111. The number of ketones is 2. The second-order valence-electron chi connectivity index (χ2n) is 11.8. The summed E-state index contributed by atoms with van der Waals surface area (Å²) in [4.78, 5) is 26.1. The Labute approximate surface area is 300 Å². The van der Waals surface area contributed by atoms with Crippen molar-refractivity contribution in [1.82, 2.24) is 0 Å². The van der Waals surface area contributed by atoms with Crippen molar-refractivity contribution >= 4 is 22.9 Å². The first-order chi connectivity index (χ1) is 25.3. The summed E-state index contributed by atoms with van der Waals surface area (Å²) < 4.78 is 23.6. The molecule has 8 nitrogen and oxygen atoms in total. The second kappa shape index (κ2) is 15.1. The average molecular weight is 685 g/mol. The Balaban J connectivity index is 0.901. The summed E-state index contributed by atoms with van der Waals surface area (Å²) in [6.07, 6.45) is 0. The van der Waals surface area contributed by atoms with Crippen molar-refractivity contribution in [3.63, 3.8) is 0 Å². The third-order valence-corrected chi connectivity index (χ3v) is 7.99. The number of rotatable bonds is 12. The van der Waals surface area contributed by atoms with E-state index >= 15 is 0 Å². The smallest absolute Gasteiger partial charge is 0.193 e. The van der Waals surface area contributed by atoms with E-state index in [-0.39, 0.29) is 11.6 Å². The molecular weight excluding hydrogens is 652 g/mol. The lowest BCUT2D eigenvalue weighted by Gasteiger charge is -2.10. The van der Waals surface area contributed by atoms with Crippen LogP contribution >= 0.6 is 0 Å². The maximum Gasteiger partial charge on any atom is 0.193 e. The molecule has 0 saturated carbocycles. The number of ether oxygens (including phenoxy) is 4. The summed E-state index contributed by atoms with van der Waals surface area (Å²) in [6, 6.07) is 49.3. The highest BCUT2D eigenvalue weighted by Crippen LogP contribution is 2.29. The second-order valence-corrected chi connectivity index (χ2v) is 11.8. The standard InChI is InChI=1S/C44H32N2O6/c45-33-9-21-39(22-10-33)49-35-13-1-29(2-14-35)43(47)31-5-17-37(18-6-31)51-41-25-27-42(28-26-41)52-38-19-7-32(8-20-38)44(48)30-3-15-36(16-4-30)50-40-23-11-34(46)12-24-40/h1-28H,45-46H2. The molecule has 0 aromatic heterocycles. The van der Waals surface area contributed by atoms with E-state index < -0.39 is 0 Å². The number of hydrogen-bond donors (Lipinski definition) is 2. The van der Waals surface area contributed by atoms with Crippen LogP contribution in [-0.4, -0.2) is 11.6 Å². The van der Waals surface area contributed by atoms with E-state index in [1.807, 2.05) is 0 Å². The summed E-state index contributed by atoms with van der Waals surface area (Å²) in [6.45, 7) is 0. The zero-order chi connectivity index (χ0) is 35.9. The molecule has 0 aliphatic heterocycles. The maximum absolute atomic E-state index is 13.1. The highest BCUT2D eigenvalue weighted by molar-refractivity contribution is 6.09. The Kier molecular flexibility index (Phi) is 9.61. The van der Waals surface area contributed by atoms with Gasteiger partial charge in [0.2, 0.25) is 0 Å². The molecule has 254 valence electrons. The van der Waals surface area contributed by atoms with Crippen LogP contribution in [-0.2, 0) is 0 Å². The van der Waals surface area contributed by atoms with Crippen LogP contribution in [0.2, 0.25) is 0 Å². The number of carbonyl (C=O) groups is 2. The van der Waals surface area contributed by atoms with Crippen molar-refractivity contribution in [3.05, 3.63) is 192 Å². The third kappa shape index (κ3) is 8.27. The van der Waals surface area contributed by atoms with Crippen LogP contribution in [0.3, 0.4) is 0 Å². The van der Waals surface area contributed by atoms with E-state index in [4.69, 9.17) is 30.4 Å². The molecule has 0 aliphatic carbocycles. The number of hydrogen-bond acceptors (Lipinski definition) is 8. The maximum atomic E-state index is 13.1. The van der Waals surface area contributed by atoms with Gasteiger partial charge < -0.3 is 30.4 Å². The molecule has 8 heteroatoms.